The summed E-state index contributed by atoms with van der Waals surface area (Å²) in [5.41, 5.74) is 1.71. The molecule has 112 valence electrons. The molecular weight excluding hydrogens is 242 g/mol. The van der Waals surface area contributed by atoms with Crippen LogP contribution in [0.15, 0.2) is 43.0 Å². The van der Waals surface area contributed by atoms with Crippen LogP contribution in [0.5, 0.6) is 0 Å². The Hall–Kier alpha value is -1.08. The third kappa shape index (κ3) is 3.96. The van der Waals surface area contributed by atoms with Crippen LogP contribution in [0.2, 0.25) is 0 Å². The van der Waals surface area contributed by atoms with Gasteiger partial charge in [0.15, 0.2) is 0 Å². The summed E-state index contributed by atoms with van der Waals surface area (Å²) in [7, 11) is 0. The van der Waals surface area contributed by atoms with Crippen molar-refractivity contribution in [3.05, 3.63) is 48.6 Å². The van der Waals surface area contributed by atoms with Gasteiger partial charge in [0.2, 0.25) is 0 Å². The van der Waals surface area contributed by atoms with E-state index in [-0.39, 0.29) is 5.41 Å². The van der Waals surface area contributed by atoms with Gasteiger partial charge in [0.25, 0.3) is 0 Å². The molecule has 0 aromatic heterocycles. The zero-order chi connectivity index (χ0) is 14.8. The van der Waals surface area contributed by atoms with Crippen LogP contribution in [0.1, 0.15) is 58.4 Å². The fraction of sp³-hybridized carbons (Fsp3) is 0.579. The van der Waals surface area contributed by atoms with Crippen LogP contribution in [-0.4, -0.2) is 12.6 Å². The van der Waals surface area contributed by atoms with Crippen molar-refractivity contribution in [1.82, 2.24) is 5.32 Å². The van der Waals surface area contributed by atoms with Gasteiger partial charge in [0.05, 0.1) is 0 Å². The Labute approximate surface area is 125 Å². The number of rotatable bonds is 10. The molecular formula is C19H31N. The largest absolute Gasteiger partial charge is 0.313 e. The first-order valence-electron chi connectivity index (χ1n) is 8.14. The van der Waals surface area contributed by atoms with Gasteiger partial charge < -0.3 is 5.32 Å². The molecule has 0 radical (unpaired) electrons. The Bertz CT molecular complexity index is 365. The fourth-order valence-electron chi connectivity index (χ4n) is 3.30. The van der Waals surface area contributed by atoms with Crippen molar-refractivity contribution in [2.45, 2.75) is 64.3 Å². The Morgan fingerprint density at radius 2 is 1.80 bits per heavy atom. The van der Waals surface area contributed by atoms with Gasteiger partial charge in [0, 0.05) is 11.5 Å². The molecule has 1 aromatic carbocycles. The lowest BCUT2D eigenvalue weighted by molar-refractivity contribution is 0.259. The topological polar surface area (TPSA) is 12.0 Å². The van der Waals surface area contributed by atoms with Crippen molar-refractivity contribution in [1.29, 1.82) is 0 Å². The number of nitrogens with one attached hydrogen (secondary N) is 1. The van der Waals surface area contributed by atoms with Gasteiger partial charge in [-0.1, -0.05) is 57.2 Å². The van der Waals surface area contributed by atoms with Crippen LogP contribution >= 0.6 is 0 Å². The number of allylic oxidation sites excluding steroid dienone is 1. The smallest absolute Gasteiger partial charge is 0.0167 e. The standard InChI is InChI=1S/C19H31N/c1-5-9-15-18(20-16-6-2)19(7-3,8-4)17-13-11-10-12-14-17/h5,10-14,18,20H,1,6-9,15-16H2,2-4H3. The van der Waals surface area contributed by atoms with Gasteiger partial charge in [-0.3, -0.25) is 0 Å². The lowest BCUT2D eigenvalue weighted by atomic mass is 9.68. The molecule has 0 saturated carbocycles. The highest BCUT2D eigenvalue weighted by molar-refractivity contribution is 5.27. The minimum absolute atomic E-state index is 0.236. The molecule has 20 heavy (non-hydrogen) atoms. The number of hydrogen-bond acceptors (Lipinski definition) is 1. The summed E-state index contributed by atoms with van der Waals surface area (Å²) in [5.74, 6) is 0. The maximum atomic E-state index is 3.89. The normalized spacial score (nSPS) is 13.2. The molecule has 0 aliphatic heterocycles. The lowest BCUT2D eigenvalue weighted by Gasteiger charge is -2.41. The quantitative estimate of drug-likeness (QED) is 0.586. The first-order chi connectivity index (χ1) is 9.75. The number of benzene rings is 1. The second-order valence-electron chi connectivity index (χ2n) is 5.60. The van der Waals surface area contributed by atoms with Crippen LogP contribution in [0.3, 0.4) is 0 Å². The van der Waals surface area contributed by atoms with Gasteiger partial charge in [-0.2, -0.15) is 0 Å². The van der Waals surface area contributed by atoms with E-state index in [2.05, 4.69) is 63.0 Å². The van der Waals surface area contributed by atoms with E-state index in [0.29, 0.717) is 6.04 Å². The fourth-order valence-corrected chi connectivity index (χ4v) is 3.30. The highest BCUT2D eigenvalue weighted by atomic mass is 14.9. The second-order valence-corrected chi connectivity index (χ2v) is 5.60. The average molecular weight is 273 g/mol. The average Bonchev–Trinajstić information content (AvgIpc) is 2.51. The van der Waals surface area contributed by atoms with Crippen molar-refractivity contribution >= 4 is 0 Å². The Morgan fingerprint density at radius 3 is 2.30 bits per heavy atom. The molecule has 1 heteroatoms. The molecule has 0 spiro atoms. The molecule has 1 aromatic rings. The van der Waals surface area contributed by atoms with Crippen molar-refractivity contribution in [3.63, 3.8) is 0 Å². The van der Waals surface area contributed by atoms with E-state index < -0.39 is 0 Å². The molecule has 0 amide bonds. The molecule has 0 fully saturated rings. The van der Waals surface area contributed by atoms with Crippen molar-refractivity contribution in [2.24, 2.45) is 0 Å². The molecule has 0 heterocycles. The highest BCUT2D eigenvalue weighted by Gasteiger charge is 2.36. The maximum Gasteiger partial charge on any atom is 0.0167 e. The molecule has 0 bridgehead atoms. The second kappa shape index (κ2) is 8.97. The third-order valence-corrected chi connectivity index (χ3v) is 4.58. The summed E-state index contributed by atoms with van der Waals surface area (Å²) in [6.45, 7) is 11.9. The minimum atomic E-state index is 0.236. The molecule has 0 saturated heterocycles. The zero-order valence-electron chi connectivity index (χ0n) is 13.5. The summed E-state index contributed by atoms with van der Waals surface area (Å²) in [6.07, 6.45) is 7.82. The lowest BCUT2D eigenvalue weighted by Crippen LogP contribution is -2.48. The third-order valence-electron chi connectivity index (χ3n) is 4.58. The molecule has 1 rings (SSSR count). The minimum Gasteiger partial charge on any atom is -0.313 e. The molecule has 0 aliphatic carbocycles. The molecule has 1 N–H and O–H groups in total. The number of hydrogen-bond donors (Lipinski definition) is 1. The van der Waals surface area contributed by atoms with Gasteiger partial charge in [-0.05, 0) is 44.2 Å². The summed E-state index contributed by atoms with van der Waals surface area (Å²) < 4.78 is 0. The van der Waals surface area contributed by atoms with Crippen molar-refractivity contribution in [3.8, 4) is 0 Å². The predicted octanol–water partition coefficient (Wildman–Crippen LogP) is 5.08. The van der Waals surface area contributed by atoms with Crippen LogP contribution in [-0.2, 0) is 5.41 Å². The first kappa shape index (κ1) is 17.0. The maximum absolute atomic E-state index is 3.89. The van der Waals surface area contributed by atoms with Crippen LogP contribution in [0, 0.1) is 0 Å². The van der Waals surface area contributed by atoms with Crippen LogP contribution in [0.25, 0.3) is 0 Å². The Kier molecular flexibility index (Phi) is 7.61. The van der Waals surface area contributed by atoms with Crippen LogP contribution < -0.4 is 5.32 Å². The van der Waals surface area contributed by atoms with E-state index in [1.165, 1.54) is 31.2 Å². The van der Waals surface area contributed by atoms with E-state index in [1.807, 2.05) is 6.08 Å². The Morgan fingerprint density at radius 1 is 1.15 bits per heavy atom. The Balaban J connectivity index is 3.07. The summed E-state index contributed by atoms with van der Waals surface area (Å²) >= 11 is 0. The van der Waals surface area contributed by atoms with Gasteiger partial charge in [-0.25, -0.2) is 0 Å². The van der Waals surface area contributed by atoms with Gasteiger partial charge in [-0.15, -0.1) is 6.58 Å². The zero-order valence-corrected chi connectivity index (χ0v) is 13.5. The summed E-state index contributed by atoms with van der Waals surface area (Å²) in [6, 6.07) is 11.6. The molecule has 1 unspecified atom stereocenters. The monoisotopic (exact) mass is 273 g/mol. The predicted molar refractivity (Wildman–Crippen MR) is 90.2 cm³/mol. The molecule has 0 aliphatic rings. The van der Waals surface area contributed by atoms with E-state index in [4.69, 9.17) is 0 Å². The van der Waals surface area contributed by atoms with E-state index >= 15 is 0 Å². The van der Waals surface area contributed by atoms with Gasteiger partial charge in [0.1, 0.15) is 0 Å². The summed E-state index contributed by atoms with van der Waals surface area (Å²) in [5, 5.41) is 3.80. The van der Waals surface area contributed by atoms with Crippen molar-refractivity contribution < 1.29 is 0 Å². The van der Waals surface area contributed by atoms with E-state index in [9.17, 15) is 0 Å². The van der Waals surface area contributed by atoms with Crippen LogP contribution in [0.4, 0.5) is 0 Å². The molecule has 1 nitrogen and oxygen atoms in total. The van der Waals surface area contributed by atoms with E-state index in [0.717, 1.165) is 13.0 Å². The highest BCUT2D eigenvalue weighted by Crippen LogP contribution is 2.37. The SMILES string of the molecule is C=CCCC(NCCC)C(CC)(CC)c1ccccc1. The molecule has 1 atom stereocenters. The summed E-state index contributed by atoms with van der Waals surface area (Å²) in [4.78, 5) is 0. The van der Waals surface area contributed by atoms with E-state index in [1.54, 1.807) is 0 Å². The first-order valence-corrected chi connectivity index (χ1v) is 8.14. The van der Waals surface area contributed by atoms with Gasteiger partial charge >= 0.3 is 0 Å². The van der Waals surface area contributed by atoms with Crippen molar-refractivity contribution in [2.75, 3.05) is 6.54 Å².